The normalized spacial score (nSPS) is 10.1. The summed E-state index contributed by atoms with van der Waals surface area (Å²) in [4.78, 5) is 0. The summed E-state index contributed by atoms with van der Waals surface area (Å²) in [6, 6.07) is 0. The van der Waals surface area contributed by atoms with Gasteiger partial charge in [-0.15, -0.1) is 0 Å². The highest BCUT2D eigenvalue weighted by atomic mass is 35.5. The molecule has 1 rings (SSSR count). The van der Waals surface area contributed by atoms with Gasteiger partial charge < -0.3 is 4.74 Å². The van der Waals surface area contributed by atoms with E-state index >= 15 is 0 Å². The molecule has 4 heteroatoms. The smallest absolute Gasteiger partial charge is 0.175 e. The van der Waals surface area contributed by atoms with Gasteiger partial charge in [-0.05, 0) is 6.42 Å². The van der Waals surface area contributed by atoms with Gasteiger partial charge in [-0.1, -0.05) is 18.5 Å². The van der Waals surface area contributed by atoms with Crippen LogP contribution < -0.4 is 4.74 Å². The van der Waals surface area contributed by atoms with Crippen LogP contribution in [0.25, 0.3) is 0 Å². The van der Waals surface area contributed by atoms with Crippen LogP contribution in [-0.2, 0) is 6.54 Å². The van der Waals surface area contributed by atoms with Crippen molar-refractivity contribution in [3.05, 3.63) is 11.3 Å². The van der Waals surface area contributed by atoms with Crippen molar-refractivity contribution in [1.29, 1.82) is 0 Å². The lowest BCUT2D eigenvalue weighted by Gasteiger charge is -1.99. The minimum atomic E-state index is 0.578. The Morgan fingerprint density at radius 2 is 2.45 bits per heavy atom. The van der Waals surface area contributed by atoms with E-state index in [9.17, 15) is 0 Å². The zero-order chi connectivity index (χ0) is 8.27. The summed E-state index contributed by atoms with van der Waals surface area (Å²) in [6.07, 6.45) is 2.64. The van der Waals surface area contributed by atoms with Gasteiger partial charge >= 0.3 is 0 Å². The Labute approximate surface area is 70.9 Å². The van der Waals surface area contributed by atoms with E-state index in [1.165, 1.54) is 0 Å². The van der Waals surface area contributed by atoms with Gasteiger partial charge in [-0.3, -0.25) is 4.68 Å². The largest absolute Gasteiger partial charge is 0.492 e. The maximum atomic E-state index is 5.88. The SMILES string of the molecule is CCCn1ncc(OC)c1Cl. The Kier molecular flexibility index (Phi) is 2.76. The summed E-state index contributed by atoms with van der Waals surface area (Å²) in [6.45, 7) is 2.91. The first kappa shape index (κ1) is 8.40. The Bertz CT molecular complexity index is 234. The molecule has 0 aromatic carbocycles. The molecule has 1 aromatic heterocycles. The Balaban J connectivity index is 2.82. The van der Waals surface area contributed by atoms with Crippen molar-refractivity contribution in [2.45, 2.75) is 19.9 Å². The maximum absolute atomic E-state index is 5.88. The van der Waals surface area contributed by atoms with Crippen molar-refractivity contribution < 1.29 is 4.74 Å². The van der Waals surface area contributed by atoms with Crippen LogP contribution in [0.3, 0.4) is 0 Å². The molecule has 3 nitrogen and oxygen atoms in total. The van der Waals surface area contributed by atoms with E-state index in [1.807, 2.05) is 0 Å². The molecule has 0 bridgehead atoms. The molecule has 0 N–H and O–H groups in total. The van der Waals surface area contributed by atoms with Crippen molar-refractivity contribution in [3.63, 3.8) is 0 Å². The predicted molar refractivity (Wildman–Crippen MR) is 44.1 cm³/mol. The van der Waals surface area contributed by atoms with Gasteiger partial charge in [-0.25, -0.2) is 0 Å². The number of aryl methyl sites for hydroxylation is 1. The highest BCUT2D eigenvalue weighted by Crippen LogP contribution is 2.22. The van der Waals surface area contributed by atoms with Crippen molar-refractivity contribution in [1.82, 2.24) is 9.78 Å². The lowest BCUT2D eigenvalue weighted by molar-refractivity contribution is 0.414. The van der Waals surface area contributed by atoms with Gasteiger partial charge in [0.25, 0.3) is 0 Å². The van der Waals surface area contributed by atoms with E-state index in [2.05, 4.69) is 12.0 Å². The molecule has 0 radical (unpaired) electrons. The molecule has 0 spiro atoms. The molecule has 0 fully saturated rings. The quantitative estimate of drug-likeness (QED) is 0.701. The first-order valence-electron chi connectivity index (χ1n) is 3.55. The average molecular weight is 175 g/mol. The molecule has 1 heterocycles. The minimum absolute atomic E-state index is 0.578. The van der Waals surface area contributed by atoms with E-state index < -0.39 is 0 Å². The van der Waals surface area contributed by atoms with E-state index in [-0.39, 0.29) is 0 Å². The molecule has 0 saturated carbocycles. The number of ether oxygens (including phenoxy) is 1. The lowest BCUT2D eigenvalue weighted by atomic mass is 10.5. The Hall–Kier alpha value is -0.700. The average Bonchev–Trinajstić information content (AvgIpc) is 2.34. The molecule has 0 unspecified atom stereocenters. The molecule has 0 amide bonds. The van der Waals surface area contributed by atoms with Gasteiger partial charge in [-0.2, -0.15) is 5.10 Å². The monoisotopic (exact) mass is 174 g/mol. The second-order valence-corrected chi connectivity index (χ2v) is 2.58. The van der Waals surface area contributed by atoms with E-state index in [0.29, 0.717) is 10.9 Å². The topological polar surface area (TPSA) is 27.1 Å². The number of aromatic nitrogens is 2. The summed E-state index contributed by atoms with van der Waals surface area (Å²) < 4.78 is 6.68. The fourth-order valence-corrected chi connectivity index (χ4v) is 1.11. The summed E-state index contributed by atoms with van der Waals surface area (Å²) in [5.41, 5.74) is 0. The van der Waals surface area contributed by atoms with Crippen molar-refractivity contribution in [3.8, 4) is 5.75 Å². The molecule has 0 aliphatic rings. The highest BCUT2D eigenvalue weighted by molar-refractivity contribution is 6.31. The van der Waals surface area contributed by atoms with E-state index in [0.717, 1.165) is 13.0 Å². The minimum Gasteiger partial charge on any atom is -0.492 e. The number of hydrogen-bond donors (Lipinski definition) is 0. The summed E-state index contributed by atoms with van der Waals surface area (Å²) in [5.74, 6) is 0.639. The van der Waals surface area contributed by atoms with E-state index in [4.69, 9.17) is 16.3 Å². The van der Waals surface area contributed by atoms with Crippen LogP contribution in [0.5, 0.6) is 5.75 Å². The fourth-order valence-electron chi connectivity index (χ4n) is 0.858. The van der Waals surface area contributed by atoms with Gasteiger partial charge in [0.1, 0.15) is 0 Å². The third-order valence-corrected chi connectivity index (χ3v) is 1.78. The van der Waals surface area contributed by atoms with Crippen molar-refractivity contribution >= 4 is 11.6 Å². The Morgan fingerprint density at radius 1 is 1.73 bits per heavy atom. The predicted octanol–water partition coefficient (Wildman–Crippen LogP) is 1.96. The van der Waals surface area contributed by atoms with E-state index in [1.54, 1.807) is 18.0 Å². The molecule has 0 aliphatic heterocycles. The molecule has 1 aromatic rings. The van der Waals surface area contributed by atoms with Gasteiger partial charge in [0.05, 0.1) is 13.3 Å². The number of methoxy groups -OCH3 is 1. The zero-order valence-electron chi connectivity index (χ0n) is 6.67. The second kappa shape index (κ2) is 3.62. The van der Waals surface area contributed by atoms with Gasteiger partial charge in [0.2, 0.25) is 0 Å². The van der Waals surface area contributed by atoms with Crippen molar-refractivity contribution in [2.24, 2.45) is 0 Å². The third kappa shape index (κ3) is 1.66. The van der Waals surface area contributed by atoms with Crippen molar-refractivity contribution in [2.75, 3.05) is 7.11 Å². The first-order valence-corrected chi connectivity index (χ1v) is 3.92. The number of nitrogens with zero attached hydrogens (tertiary/aromatic N) is 2. The zero-order valence-corrected chi connectivity index (χ0v) is 7.43. The number of hydrogen-bond acceptors (Lipinski definition) is 2. The second-order valence-electron chi connectivity index (χ2n) is 2.23. The summed E-state index contributed by atoms with van der Waals surface area (Å²) in [5, 5.41) is 4.61. The first-order chi connectivity index (χ1) is 5.29. The van der Waals surface area contributed by atoms with Gasteiger partial charge in [0.15, 0.2) is 10.9 Å². The molecule has 0 aliphatic carbocycles. The van der Waals surface area contributed by atoms with Gasteiger partial charge in [0, 0.05) is 6.54 Å². The number of halogens is 1. The maximum Gasteiger partial charge on any atom is 0.175 e. The number of rotatable bonds is 3. The van der Waals surface area contributed by atoms with Crippen LogP contribution in [-0.4, -0.2) is 16.9 Å². The van der Waals surface area contributed by atoms with Crippen LogP contribution in [0, 0.1) is 0 Å². The summed E-state index contributed by atoms with van der Waals surface area (Å²) >= 11 is 5.88. The standard InChI is InChI=1S/C7H11ClN2O/c1-3-4-10-7(8)6(11-2)5-9-10/h5H,3-4H2,1-2H3. The molecule has 0 atom stereocenters. The van der Waals surface area contributed by atoms with Crippen LogP contribution in [0.2, 0.25) is 5.15 Å². The highest BCUT2D eigenvalue weighted by Gasteiger charge is 2.06. The summed E-state index contributed by atoms with van der Waals surface area (Å²) in [7, 11) is 1.58. The molecular weight excluding hydrogens is 164 g/mol. The molecular formula is C7H11ClN2O. The van der Waals surface area contributed by atoms with Crippen LogP contribution in [0.1, 0.15) is 13.3 Å². The fraction of sp³-hybridized carbons (Fsp3) is 0.571. The third-order valence-electron chi connectivity index (χ3n) is 1.40. The molecule has 11 heavy (non-hydrogen) atoms. The molecule has 62 valence electrons. The van der Waals surface area contributed by atoms with Crippen LogP contribution in [0.4, 0.5) is 0 Å². The van der Waals surface area contributed by atoms with Crippen LogP contribution in [0.15, 0.2) is 6.20 Å². The lowest BCUT2D eigenvalue weighted by Crippen LogP contribution is -1.98. The molecule has 0 saturated heterocycles. The Morgan fingerprint density at radius 3 is 2.91 bits per heavy atom. The van der Waals surface area contributed by atoms with Crippen LogP contribution >= 0.6 is 11.6 Å².